The first-order valence-electron chi connectivity index (χ1n) is 4.07. The predicted octanol–water partition coefficient (Wildman–Crippen LogP) is 2.12. The molecule has 0 saturated carbocycles. The number of amides is 1. The molecule has 1 aromatic rings. The van der Waals surface area contributed by atoms with Gasteiger partial charge in [0.1, 0.15) is 5.15 Å². The van der Waals surface area contributed by atoms with Gasteiger partial charge in [0.15, 0.2) is 0 Å². The van der Waals surface area contributed by atoms with E-state index in [9.17, 15) is 4.79 Å². The summed E-state index contributed by atoms with van der Waals surface area (Å²) < 4.78 is 0. The Hall–Kier alpha value is -1.09. The predicted molar refractivity (Wildman–Crippen MR) is 54.0 cm³/mol. The lowest BCUT2D eigenvalue weighted by molar-refractivity contribution is 0.0963. The molecule has 0 aliphatic carbocycles. The van der Waals surface area contributed by atoms with Gasteiger partial charge < -0.3 is 5.32 Å². The highest BCUT2D eigenvalue weighted by atomic mass is 35.5. The van der Waals surface area contributed by atoms with Gasteiger partial charge in [-0.05, 0) is 12.1 Å². The van der Waals surface area contributed by atoms with Gasteiger partial charge in [-0.1, -0.05) is 25.4 Å². The summed E-state index contributed by atoms with van der Waals surface area (Å²) in [5.41, 5.74) is 0.511. The van der Waals surface area contributed by atoms with Crippen LogP contribution in [0.4, 0.5) is 0 Å². The summed E-state index contributed by atoms with van der Waals surface area (Å²) in [6.45, 7) is 4.00. The van der Waals surface area contributed by atoms with E-state index >= 15 is 0 Å². The molecule has 0 aromatic carbocycles. The summed E-state index contributed by atoms with van der Waals surface area (Å²) in [6, 6.07) is 3.19. The van der Waals surface area contributed by atoms with Crippen LogP contribution in [0.2, 0.25) is 5.15 Å². The Morgan fingerprint density at radius 2 is 2.08 bits per heavy atom. The van der Waals surface area contributed by atoms with E-state index < -0.39 is 0 Å². The van der Waals surface area contributed by atoms with Crippen molar-refractivity contribution in [3.8, 4) is 0 Å². The third-order valence-electron chi connectivity index (χ3n) is 1.22. The number of hydrogen-bond donors (Lipinski definition) is 1. The standard InChI is InChI=1S/C7H7ClN2O.C2H6/c1-9-7(11)5-2-3-6(8)10-4-5;1-2/h2-4H,1H3,(H,9,11);1-2H3. The Labute approximate surface area is 83.1 Å². The summed E-state index contributed by atoms with van der Waals surface area (Å²) in [5.74, 6) is -0.158. The zero-order valence-electron chi connectivity index (χ0n) is 7.97. The lowest BCUT2D eigenvalue weighted by Gasteiger charge is -1.96. The van der Waals surface area contributed by atoms with Crippen LogP contribution < -0.4 is 5.32 Å². The molecule has 0 unspecified atom stereocenters. The Bertz CT molecular complexity index is 259. The molecule has 0 fully saturated rings. The van der Waals surface area contributed by atoms with Gasteiger partial charge >= 0.3 is 0 Å². The highest BCUT2D eigenvalue weighted by Crippen LogP contribution is 2.04. The fourth-order valence-electron chi connectivity index (χ4n) is 0.654. The van der Waals surface area contributed by atoms with E-state index in [-0.39, 0.29) is 5.91 Å². The number of rotatable bonds is 1. The van der Waals surface area contributed by atoms with Gasteiger partial charge in [-0.25, -0.2) is 4.98 Å². The van der Waals surface area contributed by atoms with Crippen LogP contribution in [0.15, 0.2) is 18.3 Å². The SMILES string of the molecule is CC.CNC(=O)c1ccc(Cl)nc1. The zero-order chi connectivity index (χ0) is 10.3. The lowest BCUT2D eigenvalue weighted by Crippen LogP contribution is -2.17. The molecule has 0 aliphatic heterocycles. The number of carbonyl (C=O) groups is 1. The minimum absolute atomic E-state index is 0.158. The molecule has 0 radical (unpaired) electrons. The number of nitrogens with zero attached hydrogens (tertiary/aromatic N) is 1. The van der Waals surface area contributed by atoms with Crippen molar-refractivity contribution in [1.29, 1.82) is 0 Å². The first-order valence-corrected chi connectivity index (χ1v) is 4.45. The molecule has 0 saturated heterocycles. The van der Waals surface area contributed by atoms with Crippen molar-refractivity contribution >= 4 is 17.5 Å². The van der Waals surface area contributed by atoms with Crippen LogP contribution in [0.1, 0.15) is 24.2 Å². The lowest BCUT2D eigenvalue weighted by atomic mass is 10.3. The Morgan fingerprint density at radius 3 is 2.46 bits per heavy atom. The van der Waals surface area contributed by atoms with E-state index in [2.05, 4.69) is 10.3 Å². The summed E-state index contributed by atoms with van der Waals surface area (Å²) in [4.78, 5) is 14.7. The topological polar surface area (TPSA) is 42.0 Å². The number of aromatic nitrogens is 1. The minimum atomic E-state index is -0.158. The molecular weight excluding hydrogens is 188 g/mol. The fourth-order valence-corrected chi connectivity index (χ4v) is 0.766. The van der Waals surface area contributed by atoms with Gasteiger partial charge in [-0.15, -0.1) is 0 Å². The Kier molecular flexibility index (Phi) is 5.89. The van der Waals surface area contributed by atoms with Crippen LogP contribution >= 0.6 is 11.6 Å². The molecular formula is C9H13ClN2O. The first-order chi connectivity index (χ1) is 6.24. The van der Waals surface area contributed by atoms with Crippen molar-refractivity contribution in [1.82, 2.24) is 10.3 Å². The number of halogens is 1. The van der Waals surface area contributed by atoms with Crippen molar-refractivity contribution < 1.29 is 4.79 Å². The van der Waals surface area contributed by atoms with Crippen molar-refractivity contribution in [3.63, 3.8) is 0 Å². The molecule has 0 spiro atoms. The maximum atomic E-state index is 10.9. The third-order valence-corrected chi connectivity index (χ3v) is 1.44. The summed E-state index contributed by atoms with van der Waals surface area (Å²) in [6.07, 6.45) is 1.43. The van der Waals surface area contributed by atoms with E-state index in [0.29, 0.717) is 10.7 Å². The normalized spacial score (nSPS) is 8.31. The number of nitrogens with one attached hydrogen (secondary N) is 1. The van der Waals surface area contributed by atoms with Gasteiger partial charge in [0.25, 0.3) is 5.91 Å². The van der Waals surface area contributed by atoms with Crippen LogP contribution in [-0.2, 0) is 0 Å². The van der Waals surface area contributed by atoms with Gasteiger partial charge in [0.05, 0.1) is 5.56 Å². The van der Waals surface area contributed by atoms with Crippen LogP contribution in [0, 0.1) is 0 Å². The van der Waals surface area contributed by atoms with Gasteiger partial charge in [0, 0.05) is 13.2 Å². The van der Waals surface area contributed by atoms with Gasteiger partial charge in [-0.2, -0.15) is 0 Å². The second-order valence-electron chi connectivity index (χ2n) is 1.95. The zero-order valence-corrected chi connectivity index (χ0v) is 8.72. The maximum absolute atomic E-state index is 10.9. The molecule has 4 heteroatoms. The molecule has 1 N–H and O–H groups in total. The molecule has 0 aliphatic rings. The summed E-state index contributed by atoms with van der Waals surface area (Å²) in [5, 5.41) is 2.87. The molecule has 72 valence electrons. The van der Waals surface area contributed by atoms with E-state index in [1.807, 2.05) is 13.8 Å². The molecule has 3 nitrogen and oxygen atoms in total. The van der Waals surface area contributed by atoms with Crippen LogP contribution in [-0.4, -0.2) is 17.9 Å². The summed E-state index contributed by atoms with van der Waals surface area (Å²) >= 11 is 5.52. The van der Waals surface area contributed by atoms with Crippen molar-refractivity contribution in [2.45, 2.75) is 13.8 Å². The molecule has 1 rings (SSSR count). The van der Waals surface area contributed by atoms with E-state index in [0.717, 1.165) is 0 Å². The summed E-state index contributed by atoms with van der Waals surface area (Å²) in [7, 11) is 1.57. The monoisotopic (exact) mass is 200 g/mol. The smallest absolute Gasteiger partial charge is 0.252 e. The van der Waals surface area contributed by atoms with Crippen LogP contribution in [0.3, 0.4) is 0 Å². The van der Waals surface area contributed by atoms with Crippen molar-refractivity contribution in [2.75, 3.05) is 7.05 Å². The van der Waals surface area contributed by atoms with Crippen molar-refractivity contribution in [3.05, 3.63) is 29.0 Å². The number of carbonyl (C=O) groups excluding carboxylic acids is 1. The van der Waals surface area contributed by atoms with E-state index in [4.69, 9.17) is 11.6 Å². The largest absolute Gasteiger partial charge is 0.355 e. The molecule has 1 heterocycles. The van der Waals surface area contributed by atoms with Gasteiger partial charge in [-0.3, -0.25) is 4.79 Å². The Balaban J connectivity index is 0.000000671. The molecule has 0 atom stereocenters. The third kappa shape index (κ3) is 3.90. The fraction of sp³-hybridized carbons (Fsp3) is 0.333. The van der Waals surface area contributed by atoms with Gasteiger partial charge in [0.2, 0.25) is 0 Å². The minimum Gasteiger partial charge on any atom is -0.355 e. The van der Waals surface area contributed by atoms with Crippen LogP contribution in [0.5, 0.6) is 0 Å². The molecule has 13 heavy (non-hydrogen) atoms. The Morgan fingerprint density at radius 1 is 1.46 bits per heavy atom. The second kappa shape index (κ2) is 6.43. The average molecular weight is 201 g/mol. The molecule has 1 amide bonds. The highest BCUT2D eigenvalue weighted by molar-refractivity contribution is 6.29. The number of pyridine rings is 1. The quantitative estimate of drug-likeness (QED) is 0.706. The van der Waals surface area contributed by atoms with Crippen molar-refractivity contribution in [2.24, 2.45) is 0 Å². The highest BCUT2D eigenvalue weighted by Gasteiger charge is 2.01. The molecule has 0 bridgehead atoms. The first kappa shape index (κ1) is 11.9. The van der Waals surface area contributed by atoms with Crippen LogP contribution in [0.25, 0.3) is 0 Å². The van der Waals surface area contributed by atoms with E-state index in [1.165, 1.54) is 6.20 Å². The van der Waals surface area contributed by atoms with E-state index in [1.54, 1.807) is 19.2 Å². The maximum Gasteiger partial charge on any atom is 0.252 e. The average Bonchev–Trinajstić information content (AvgIpc) is 2.21. The molecule has 1 aromatic heterocycles. The second-order valence-corrected chi connectivity index (χ2v) is 2.34. The number of hydrogen-bond acceptors (Lipinski definition) is 2.